The standard InChI is InChI=1S/C38H40N2O10/c1-43-31-19-25-15-17-39-23-37(29(25)21-33(31)45-3,47-27-11-7-5-8-12-27)49-35(41)36(42)50-38(48-28-13-9-6-10-14-28)24-40-18-16-26-20-32(44-2)34(46-4)22-30(26)38/h5-14,19-22,39-40H,15-18,23-24H2,1-4H3. The van der Waals surface area contributed by atoms with Crippen LogP contribution >= 0.6 is 0 Å². The minimum atomic E-state index is -1.81. The summed E-state index contributed by atoms with van der Waals surface area (Å²) in [5.41, 5.74) is 2.52. The molecular formula is C38H40N2O10. The van der Waals surface area contributed by atoms with Gasteiger partial charge >= 0.3 is 11.9 Å². The second-order valence-corrected chi connectivity index (χ2v) is 11.7. The van der Waals surface area contributed by atoms with E-state index in [1.165, 1.54) is 14.2 Å². The van der Waals surface area contributed by atoms with Gasteiger partial charge in [-0.15, -0.1) is 0 Å². The highest BCUT2D eigenvalue weighted by molar-refractivity contribution is 6.29. The summed E-state index contributed by atoms with van der Waals surface area (Å²) in [4.78, 5) is 28.2. The first kappa shape index (κ1) is 34.4. The predicted octanol–water partition coefficient (Wildman–Crippen LogP) is 4.26. The minimum absolute atomic E-state index is 0.0104. The number of fused-ring (bicyclic) bond motifs is 2. The van der Waals surface area contributed by atoms with Gasteiger partial charge < -0.3 is 48.5 Å². The molecule has 0 bridgehead atoms. The van der Waals surface area contributed by atoms with Crippen molar-refractivity contribution >= 4 is 11.9 Å². The van der Waals surface area contributed by atoms with E-state index in [2.05, 4.69) is 10.6 Å². The molecule has 0 saturated carbocycles. The molecule has 0 radical (unpaired) electrons. The van der Waals surface area contributed by atoms with Crippen LogP contribution in [-0.4, -0.2) is 66.6 Å². The zero-order valence-electron chi connectivity index (χ0n) is 28.4. The second kappa shape index (κ2) is 15.0. The van der Waals surface area contributed by atoms with Gasteiger partial charge in [-0.3, -0.25) is 0 Å². The molecule has 12 heteroatoms. The number of hydrogen-bond acceptors (Lipinski definition) is 12. The van der Waals surface area contributed by atoms with E-state index in [1.807, 2.05) is 24.3 Å². The lowest BCUT2D eigenvalue weighted by Gasteiger charge is -2.36. The van der Waals surface area contributed by atoms with Crippen LogP contribution in [0.2, 0.25) is 0 Å². The highest BCUT2D eigenvalue weighted by atomic mass is 16.8. The summed E-state index contributed by atoms with van der Waals surface area (Å²) in [6, 6.07) is 24.8. The molecule has 12 nitrogen and oxygen atoms in total. The Kier molecular flexibility index (Phi) is 10.3. The third-order valence-electron chi connectivity index (χ3n) is 8.63. The van der Waals surface area contributed by atoms with E-state index in [0.717, 1.165) is 11.1 Å². The van der Waals surface area contributed by atoms with Crippen molar-refractivity contribution in [2.45, 2.75) is 24.4 Å². The van der Waals surface area contributed by atoms with Gasteiger partial charge in [0.05, 0.1) is 41.5 Å². The van der Waals surface area contributed by atoms with Crippen LogP contribution in [0.25, 0.3) is 0 Å². The smallest absolute Gasteiger partial charge is 0.421 e. The molecule has 4 aromatic rings. The van der Waals surface area contributed by atoms with E-state index >= 15 is 0 Å². The first-order valence-electron chi connectivity index (χ1n) is 16.2. The Balaban J connectivity index is 1.42. The topological polar surface area (TPSA) is 132 Å². The molecule has 2 atom stereocenters. The Morgan fingerprint density at radius 1 is 0.540 bits per heavy atom. The fraction of sp³-hybridized carbons (Fsp3) is 0.316. The first-order valence-corrected chi connectivity index (χ1v) is 16.2. The number of hydrogen-bond donors (Lipinski definition) is 2. The Bertz CT molecular complexity index is 1690. The summed E-state index contributed by atoms with van der Waals surface area (Å²) < 4.78 is 47.6. The maximum atomic E-state index is 14.1. The molecule has 6 rings (SSSR count). The van der Waals surface area contributed by atoms with Crippen LogP contribution in [-0.2, 0) is 43.5 Å². The molecule has 0 aromatic heterocycles. The monoisotopic (exact) mass is 684 g/mol. The van der Waals surface area contributed by atoms with Crippen molar-refractivity contribution in [2.24, 2.45) is 0 Å². The second-order valence-electron chi connectivity index (χ2n) is 11.7. The maximum Gasteiger partial charge on any atom is 0.421 e. The first-order chi connectivity index (χ1) is 24.3. The largest absolute Gasteiger partial charge is 0.493 e. The molecule has 50 heavy (non-hydrogen) atoms. The highest BCUT2D eigenvalue weighted by Crippen LogP contribution is 2.42. The molecule has 0 aliphatic carbocycles. The molecule has 2 aliphatic rings. The number of carbonyl (C=O) groups is 2. The van der Waals surface area contributed by atoms with Gasteiger partial charge in [-0.1, -0.05) is 36.4 Å². The Morgan fingerprint density at radius 3 is 1.26 bits per heavy atom. The fourth-order valence-electron chi connectivity index (χ4n) is 6.25. The van der Waals surface area contributed by atoms with Crippen LogP contribution in [0.4, 0.5) is 0 Å². The van der Waals surface area contributed by atoms with E-state index in [4.69, 9.17) is 37.9 Å². The summed E-state index contributed by atoms with van der Waals surface area (Å²) in [7, 11) is 6.11. The van der Waals surface area contributed by atoms with Crippen LogP contribution in [0.15, 0.2) is 84.9 Å². The molecule has 2 heterocycles. The summed E-state index contributed by atoms with van der Waals surface area (Å²) >= 11 is 0. The van der Waals surface area contributed by atoms with Crippen molar-refractivity contribution in [1.82, 2.24) is 10.6 Å². The molecule has 0 fully saturated rings. The molecule has 2 aliphatic heterocycles. The number of esters is 2. The molecule has 4 aromatic carbocycles. The quantitative estimate of drug-likeness (QED) is 0.141. The van der Waals surface area contributed by atoms with E-state index in [-0.39, 0.29) is 13.1 Å². The lowest BCUT2D eigenvalue weighted by Crippen LogP contribution is -2.50. The van der Waals surface area contributed by atoms with Crippen molar-refractivity contribution in [3.63, 3.8) is 0 Å². The maximum absolute atomic E-state index is 14.1. The zero-order chi connectivity index (χ0) is 35.1. The van der Waals surface area contributed by atoms with Gasteiger partial charge in [-0.05, 0) is 85.6 Å². The van der Waals surface area contributed by atoms with Crippen LogP contribution in [0.5, 0.6) is 34.5 Å². The predicted molar refractivity (Wildman–Crippen MR) is 182 cm³/mol. The van der Waals surface area contributed by atoms with E-state index in [0.29, 0.717) is 71.6 Å². The van der Waals surface area contributed by atoms with Crippen LogP contribution in [0.1, 0.15) is 22.3 Å². The van der Waals surface area contributed by atoms with Crippen molar-refractivity contribution in [1.29, 1.82) is 0 Å². The molecule has 2 unspecified atom stereocenters. The Hall–Kier alpha value is -5.46. The normalized spacial score (nSPS) is 19.7. The lowest BCUT2D eigenvalue weighted by atomic mass is 9.96. The van der Waals surface area contributed by atoms with Crippen LogP contribution < -0.4 is 39.1 Å². The van der Waals surface area contributed by atoms with Gasteiger partial charge in [-0.2, -0.15) is 0 Å². The number of rotatable bonds is 10. The van der Waals surface area contributed by atoms with Crippen molar-refractivity contribution in [2.75, 3.05) is 54.6 Å². The molecule has 2 N–H and O–H groups in total. The van der Waals surface area contributed by atoms with Gasteiger partial charge in [0.1, 0.15) is 11.5 Å². The number of methoxy groups -OCH3 is 4. The van der Waals surface area contributed by atoms with Crippen molar-refractivity contribution in [3.05, 3.63) is 107 Å². The average molecular weight is 685 g/mol. The van der Waals surface area contributed by atoms with Gasteiger partial charge in [0.15, 0.2) is 23.0 Å². The van der Waals surface area contributed by atoms with E-state index < -0.39 is 23.5 Å². The summed E-state index contributed by atoms with van der Waals surface area (Å²) in [6.45, 7) is 1.09. The zero-order valence-corrected chi connectivity index (χ0v) is 28.4. The van der Waals surface area contributed by atoms with Gasteiger partial charge in [0.2, 0.25) is 0 Å². The summed E-state index contributed by atoms with van der Waals surface area (Å²) in [6.07, 6.45) is 1.11. The lowest BCUT2D eigenvalue weighted by molar-refractivity contribution is -0.226. The highest BCUT2D eigenvalue weighted by Gasteiger charge is 2.48. The van der Waals surface area contributed by atoms with Crippen molar-refractivity contribution in [3.8, 4) is 34.5 Å². The molecule has 262 valence electrons. The number of benzene rings is 4. The SMILES string of the molecule is COc1cc2c(cc1OC)C(OC(=O)C(=O)OC1(Oc3ccccc3)CNCCc3cc(OC)c(OC)cc31)(Oc1ccccc1)CNCC2. The number of carbonyl (C=O) groups excluding carboxylic acids is 2. The average Bonchev–Trinajstić information content (AvgIpc) is 3.42. The van der Waals surface area contributed by atoms with Gasteiger partial charge in [-0.25, -0.2) is 9.59 Å². The third-order valence-corrected chi connectivity index (χ3v) is 8.63. The summed E-state index contributed by atoms with van der Waals surface area (Å²) in [5, 5.41) is 6.59. The molecule has 0 saturated heterocycles. The summed E-state index contributed by atoms with van der Waals surface area (Å²) in [5.74, 6) is -3.62. The Morgan fingerprint density at radius 2 is 0.900 bits per heavy atom. The van der Waals surface area contributed by atoms with E-state index in [1.54, 1.807) is 74.9 Å². The minimum Gasteiger partial charge on any atom is -0.493 e. The van der Waals surface area contributed by atoms with Crippen LogP contribution in [0.3, 0.4) is 0 Å². The third kappa shape index (κ3) is 6.98. The number of ether oxygens (including phenoxy) is 8. The Labute approximate surface area is 290 Å². The van der Waals surface area contributed by atoms with Crippen LogP contribution in [0, 0.1) is 0 Å². The number of nitrogens with one attached hydrogen (secondary N) is 2. The molecular weight excluding hydrogens is 644 g/mol. The number of para-hydroxylation sites is 2. The molecule has 0 amide bonds. The fourth-order valence-corrected chi connectivity index (χ4v) is 6.25. The molecule has 0 spiro atoms. The van der Waals surface area contributed by atoms with Gasteiger partial charge in [0.25, 0.3) is 11.6 Å². The van der Waals surface area contributed by atoms with Crippen molar-refractivity contribution < 1.29 is 47.5 Å². The van der Waals surface area contributed by atoms with Gasteiger partial charge in [0, 0.05) is 11.1 Å². The van der Waals surface area contributed by atoms with E-state index in [9.17, 15) is 9.59 Å².